The van der Waals surface area contributed by atoms with Crippen molar-refractivity contribution in [1.29, 1.82) is 0 Å². The molecule has 0 spiro atoms. The Morgan fingerprint density at radius 1 is 1.23 bits per heavy atom. The second-order valence-electron chi connectivity index (χ2n) is 6.13. The van der Waals surface area contributed by atoms with E-state index in [1.165, 1.54) is 11.8 Å². The van der Waals surface area contributed by atoms with Gasteiger partial charge in [-0.2, -0.15) is 0 Å². The number of nitrogens with zero attached hydrogens (tertiary/aromatic N) is 3. The van der Waals surface area contributed by atoms with Gasteiger partial charge in [0.25, 0.3) is 0 Å². The summed E-state index contributed by atoms with van der Waals surface area (Å²) in [5.74, 6) is 0.274. The van der Waals surface area contributed by atoms with Crippen molar-refractivity contribution in [3.63, 3.8) is 0 Å². The third kappa shape index (κ3) is 3.53. The molecule has 3 rings (SSSR count). The number of rotatable bonds is 7. The average molecular weight is 370 g/mol. The minimum atomic E-state index is -0.232. The highest BCUT2D eigenvalue weighted by Gasteiger charge is 2.18. The molecule has 0 saturated carbocycles. The van der Waals surface area contributed by atoms with E-state index in [-0.39, 0.29) is 17.2 Å². The lowest BCUT2D eigenvalue weighted by Crippen LogP contribution is -2.17. The SMILES string of the molecule is CCCn1c(SCC(=O)c2cc(C)n(-c3ccccc3)c2C)n[nH]c1=O. The number of carbonyl (C=O) groups is 1. The van der Waals surface area contributed by atoms with Gasteiger partial charge in [0, 0.05) is 29.2 Å². The fourth-order valence-electron chi connectivity index (χ4n) is 3.06. The minimum absolute atomic E-state index is 0.0313. The fourth-order valence-corrected chi connectivity index (χ4v) is 3.92. The van der Waals surface area contributed by atoms with E-state index >= 15 is 0 Å². The van der Waals surface area contributed by atoms with E-state index in [2.05, 4.69) is 14.8 Å². The normalized spacial score (nSPS) is 11.0. The molecular weight excluding hydrogens is 348 g/mol. The molecule has 26 heavy (non-hydrogen) atoms. The number of para-hydroxylation sites is 1. The Bertz CT molecular complexity index is 969. The van der Waals surface area contributed by atoms with Crippen LogP contribution in [0.4, 0.5) is 0 Å². The van der Waals surface area contributed by atoms with E-state index in [1.807, 2.05) is 57.2 Å². The number of carbonyl (C=O) groups excluding carboxylic acids is 1. The Labute approximate surface area is 156 Å². The summed E-state index contributed by atoms with van der Waals surface area (Å²) in [6.07, 6.45) is 0.833. The van der Waals surface area contributed by atoms with Crippen molar-refractivity contribution in [2.75, 3.05) is 5.75 Å². The van der Waals surface area contributed by atoms with E-state index in [0.29, 0.717) is 17.3 Å². The van der Waals surface area contributed by atoms with Crippen LogP contribution in [0, 0.1) is 13.8 Å². The van der Waals surface area contributed by atoms with Crippen LogP contribution in [0.5, 0.6) is 0 Å². The summed E-state index contributed by atoms with van der Waals surface area (Å²) in [4.78, 5) is 24.5. The van der Waals surface area contributed by atoms with E-state index < -0.39 is 0 Å². The molecule has 136 valence electrons. The molecule has 0 saturated heterocycles. The summed E-state index contributed by atoms with van der Waals surface area (Å²) >= 11 is 1.29. The monoisotopic (exact) mass is 370 g/mol. The van der Waals surface area contributed by atoms with Gasteiger partial charge in [-0.3, -0.25) is 9.36 Å². The molecule has 0 aliphatic heterocycles. The van der Waals surface area contributed by atoms with Crippen molar-refractivity contribution in [3.05, 3.63) is 63.8 Å². The molecule has 2 heterocycles. The van der Waals surface area contributed by atoms with Crippen LogP contribution < -0.4 is 5.69 Å². The Hall–Kier alpha value is -2.54. The first-order valence-corrected chi connectivity index (χ1v) is 9.57. The summed E-state index contributed by atoms with van der Waals surface area (Å²) < 4.78 is 3.66. The predicted molar refractivity (Wildman–Crippen MR) is 103 cm³/mol. The zero-order valence-electron chi connectivity index (χ0n) is 15.2. The van der Waals surface area contributed by atoms with Crippen molar-refractivity contribution < 1.29 is 4.79 Å². The van der Waals surface area contributed by atoms with Crippen LogP contribution in [0.25, 0.3) is 5.69 Å². The number of nitrogens with one attached hydrogen (secondary N) is 1. The molecule has 0 radical (unpaired) electrons. The lowest BCUT2D eigenvalue weighted by atomic mass is 10.2. The molecule has 0 fully saturated rings. The fraction of sp³-hybridized carbons (Fsp3) is 0.316. The van der Waals surface area contributed by atoms with Gasteiger partial charge in [-0.25, -0.2) is 9.89 Å². The van der Waals surface area contributed by atoms with Crippen LogP contribution in [0.3, 0.4) is 0 Å². The molecule has 0 unspecified atom stereocenters. The van der Waals surface area contributed by atoms with Gasteiger partial charge in [-0.15, -0.1) is 5.10 Å². The third-order valence-corrected chi connectivity index (χ3v) is 5.23. The maximum absolute atomic E-state index is 12.8. The standard InChI is InChI=1S/C19H22N4O2S/c1-4-10-22-18(25)20-21-19(22)26-12-17(24)16-11-13(2)23(14(16)3)15-8-6-5-7-9-15/h5-9,11H,4,10,12H2,1-3H3,(H,20,25). The number of H-pyrrole nitrogens is 1. The number of hydrogen-bond acceptors (Lipinski definition) is 4. The van der Waals surface area contributed by atoms with Crippen molar-refractivity contribution in [2.24, 2.45) is 0 Å². The first-order valence-electron chi connectivity index (χ1n) is 8.58. The number of aryl methyl sites for hydroxylation is 1. The predicted octanol–water partition coefficient (Wildman–Crippen LogP) is 3.36. The van der Waals surface area contributed by atoms with Gasteiger partial charge in [0.05, 0.1) is 5.75 Å². The summed E-state index contributed by atoms with van der Waals surface area (Å²) in [7, 11) is 0. The molecule has 0 aliphatic carbocycles. The van der Waals surface area contributed by atoms with Crippen molar-refractivity contribution in [3.8, 4) is 5.69 Å². The second-order valence-corrected chi connectivity index (χ2v) is 7.07. The first kappa shape index (κ1) is 18.3. The molecule has 7 heteroatoms. The average Bonchev–Trinajstić information content (AvgIpc) is 3.14. The number of ketones is 1. The zero-order chi connectivity index (χ0) is 18.7. The first-order chi connectivity index (χ1) is 12.5. The summed E-state index contributed by atoms with van der Waals surface area (Å²) in [6, 6.07) is 11.9. The smallest absolute Gasteiger partial charge is 0.318 e. The van der Waals surface area contributed by atoms with Crippen LogP contribution in [-0.2, 0) is 6.54 Å². The number of aromatic amines is 1. The van der Waals surface area contributed by atoms with Gasteiger partial charge in [-0.1, -0.05) is 36.9 Å². The Morgan fingerprint density at radius 2 is 1.96 bits per heavy atom. The molecule has 3 aromatic rings. The van der Waals surface area contributed by atoms with Crippen LogP contribution in [0.15, 0.2) is 46.3 Å². The molecule has 1 aromatic carbocycles. The van der Waals surface area contributed by atoms with Crippen LogP contribution in [0.1, 0.15) is 35.1 Å². The Morgan fingerprint density at radius 3 is 2.65 bits per heavy atom. The largest absolute Gasteiger partial charge is 0.343 e. The molecule has 0 aliphatic rings. The molecule has 0 amide bonds. The van der Waals surface area contributed by atoms with Gasteiger partial charge in [0.1, 0.15) is 0 Å². The van der Waals surface area contributed by atoms with Crippen molar-refractivity contribution >= 4 is 17.5 Å². The highest BCUT2D eigenvalue weighted by Crippen LogP contribution is 2.23. The third-order valence-electron chi connectivity index (χ3n) is 4.25. The summed E-state index contributed by atoms with van der Waals surface area (Å²) in [5, 5.41) is 7.03. The zero-order valence-corrected chi connectivity index (χ0v) is 16.0. The highest BCUT2D eigenvalue weighted by molar-refractivity contribution is 7.99. The number of benzene rings is 1. The minimum Gasteiger partial charge on any atom is -0.318 e. The Balaban J connectivity index is 1.80. The molecule has 0 bridgehead atoms. The van der Waals surface area contributed by atoms with Gasteiger partial charge < -0.3 is 4.57 Å². The maximum atomic E-state index is 12.8. The van der Waals surface area contributed by atoms with E-state index in [1.54, 1.807) is 4.57 Å². The summed E-state index contributed by atoms with van der Waals surface area (Å²) in [6.45, 7) is 6.54. The lowest BCUT2D eigenvalue weighted by molar-refractivity contribution is 0.102. The van der Waals surface area contributed by atoms with Gasteiger partial charge >= 0.3 is 5.69 Å². The van der Waals surface area contributed by atoms with E-state index in [4.69, 9.17) is 0 Å². The number of thioether (sulfide) groups is 1. The van der Waals surface area contributed by atoms with Gasteiger partial charge in [0.15, 0.2) is 10.9 Å². The molecular formula is C19H22N4O2S. The van der Waals surface area contributed by atoms with Crippen LogP contribution in [-0.4, -0.2) is 30.9 Å². The summed E-state index contributed by atoms with van der Waals surface area (Å²) in [5.41, 5.74) is 3.46. The molecule has 0 atom stereocenters. The highest BCUT2D eigenvalue weighted by atomic mass is 32.2. The molecule has 1 N–H and O–H groups in total. The van der Waals surface area contributed by atoms with Crippen LogP contribution >= 0.6 is 11.8 Å². The molecule has 2 aromatic heterocycles. The Kier molecular flexibility index (Phi) is 5.46. The number of aromatic nitrogens is 4. The second kappa shape index (κ2) is 7.78. The lowest BCUT2D eigenvalue weighted by Gasteiger charge is -2.09. The topological polar surface area (TPSA) is 72.7 Å². The van der Waals surface area contributed by atoms with Crippen molar-refractivity contribution in [2.45, 2.75) is 38.9 Å². The maximum Gasteiger partial charge on any atom is 0.343 e. The van der Waals surface area contributed by atoms with Gasteiger partial charge in [0.2, 0.25) is 0 Å². The molecule has 6 nitrogen and oxygen atoms in total. The quantitative estimate of drug-likeness (QED) is 0.511. The van der Waals surface area contributed by atoms with E-state index in [9.17, 15) is 9.59 Å². The number of Topliss-reactive ketones (excluding diaryl/α,β-unsaturated/α-hetero) is 1. The van der Waals surface area contributed by atoms with Gasteiger partial charge in [-0.05, 0) is 38.5 Å². The number of hydrogen-bond donors (Lipinski definition) is 1. The van der Waals surface area contributed by atoms with E-state index in [0.717, 1.165) is 23.5 Å². The van der Waals surface area contributed by atoms with Crippen molar-refractivity contribution in [1.82, 2.24) is 19.3 Å². The van der Waals surface area contributed by atoms with Crippen LogP contribution in [0.2, 0.25) is 0 Å².